The van der Waals surface area contributed by atoms with Crippen molar-refractivity contribution in [2.75, 3.05) is 0 Å². The van der Waals surface area contributed by atoms with Crippen LogP contribution >= 0.6 is 0 Å². The lowest BCUT2D eigenvalue weighted by atomic mass is 10.3. The Balaban J connectivity index is 2.71. The Labute approximate surface area is 66.0 Å². The van der Waals surface area contributed by atoms with Crippen LogP contribution in [0.4, 0.5) is 0 Å². The van der Waals surface area contributed by atoms with Gasteiger partial charge >= 0.3 is 0 Å². The van der Waals surface area contributed by atoms with Gasteiger partial charge in [-0.05, 0) is 19.1 Å². The van der Waals surface area contributed by atoms with Crippen molar-refractivity contribution < 1.29 is 5.11 Å². The molecule has 3 heteroatoms. The van der Waals surface area contributed by atoms with Crippen molar-refractivity contribution in [1.82, 2.24) is 9.78 Å². The van der Waals surface area contributed by atoms with Crippen molar-refractivity contribution in [2.24, 2.45) is 7.05 Å². The van der Waals surface area contributed by atoms with Crippen LogP contribution in [0, 0.1) is 0 Å². The first kappa shape index (κ1) is 8.01. The summed E-state index contributed by atoms with van der Waals surface area (Å²) >= 11 is 0. The standard InChI is InChI=1S/C8H12N2O/c1-7(11)3-4-8-5-6-9-10(8)2/h3-7,11H,1-2H3/b4-3+. The van der Waals surface area contributed by atoms with Crippen molar-refractivity contribution in [3.63, 3.8) is 0 Å². The van der Waals surface area contributed by atoms with E-state index in [-0.39, 0.29) is 0 Å². The predicted molar refractivity (Wildman–Crippen MR) is 43.9 cm³/mol. The number of hydrogen-bond donors (Lipinski definition) is 1. The quantitative estimate of drug-likeness (QED) is 0.681. The van der Waals surface area contributed by atoms with Crippen LogP contribution in [0.2, 0.25) is 0 Å². The Morgan fingerprint density at radius 1 is 1.73 bits per heavy atom. The molecule has 0 aromatic carbocycles. The number of nitrogens with zero attached hydrogens (tertiary/aromatic N) is 2. The van der Waals surface area contributed by atoms with Crippen LogP contribution in [-0.2, 0) is 7.05 Å². The molecule has 3 nitrogen and oxygen atoms in total. The second-order valence-corrected chi connectivity index (χ2v) is 2.48. The van der Waals surface area contributed by atoms with Crippen molar-refractivity contribution in [2.45, 2.75) is 13.0 Å². The minimum Gasteiger partial charge on any atom is -0.389 e. The molecule has 0 saturated carbocycles. The summed E-state index contributed by atoms with van der Waals surface area (Å²) in [4.78, 5) is 0. The van der Waals surface area contributed by atoms with Gasteiger partial charge in [-0.2, -0.15) is 5.10 Å². The molecule has 1 unspecified atom stereocenters. The summed E-state index contributed by atoms with van der Waals surface area (Å²) < 4.78 is 1.75. The highest BCUT2D eigenvalue weighted by Crippen LogP contribution is 1.99. The number of rotatable bonds is 2. The fourth-order valence-electron chi connectivity index (χ4n) is 0.786. The SMILES string of the molecule is CC(O)/C=C/c1ccnn1C. The summed E-state index contributed by atoms with van der Waals surface area (Å²) in [6, 6.07) is 1.89. The third-order valence-corrected chi connectivity index (χ3v) is 1.40. The maximum absolute atomic E-state index is 8.93. The molecule has 0 saturated heterocycles. The highest BCUT2D eigenvalue weighted by molar-refractivity contribution is 5.44. The average molecular weight is 152 g/mol. The summed E-state index contributed by atoms with van der Waals surface area (Å²) in [5, 5.41) is 12.9. The molecule has 0 aliphatic rings. The largest absolute Gasteiger partial charge is 0.389 e. The zero-order chi connectivity index (χ0) is 8.27. The van der Waals surface area contributed by atoms with Gasteiger partial charge in [0.1, 0.15) is 0 Å². The Morgan fingerprint density at radius 3 is 2.91 bits per heavy atom. The molecule has 1 aromatic rings. The molecule has 1 heterocycles. The van der Waals surface area contributed by atoms with E-state index in [4.69, 9.17) is 5.11 Å². The zero-order valence-electron chi connectivity index (χ0n) is 6.73. The number of aryl methyl sites for hydroxylation is 1. The van der Waals surface area contributed by atoms with Gasteiger partial charge in [-0.3, -0.25) is 4.68 Å². The molecule has 0 bridgehead atoms. The molecule has 0 aliphatic heterocycles. The Bertz CT molecular complexity index is 250. The minimum absolute atomic E-state index is 0.398. The van der Waals surface area contributed by atoms with Gasteiger partial charge in [0.15, 0.2) is 0 Å². The van der Waals surface area contributed by atoms with Gasteiger partial charge in [-0.25, -0.2) is 0 Å². The minimum atomic E-state index is -0.398. The maximum Gasteiger partial charge on any atom is 0.0696 e. The van der Waals surface area contributed by atoms with Gasteiger partial charge in [0, 0.05) is 13.2 Å². The van der Waals surface area contributed by atoms with Gasteiger partial charge in [0.05, 0.1) is 11.8 Å². The molecule has 1 atom stereocenters. The highest BCUT2D eigenvalue weighted by atomic mass is 16.3. The van der Waals surface area contributed by atoms with Crippen LogP contribution in [0.3, 0.4) is 0 Å². The van der Waals surface area contributed by atoms with E-state index in [0.717, 1.165) is 5.69 Å². The van der Waals surface area contributed by atoms with Gasteiger partial charge in [-0.1, -0.05) is 6.08 Å². The normalized spacial score (nSPS) is 14.1. The van der Waals surface area contributed by atoms with E-state index in [1.807, 2.05) is 19.2 Å². The van der Waals surface area contributed by atoms with E-state index in [2.05, 4.69) is 5.10 Å². The summed E-state index contributed by atoms with van der Waals surface area (Å²) in [5.74, 6) is 0. The second kappa shape index (κ2) is 3.34. The molecular formula is C8H12N2O. The van der Waals surface area contributed by atoms with E-state index in [1.165, 1.54) is 0 Å². The second-order valence-electron chi connectivity index (χ2n) is 2.48. The third kappa shape index (κ3) is 2.20. The first-order valence-electron chi connectivity index (χ1n) is 3.54. The van der Waals surface area contributed by atoms with Crippen molar-refractivity contribution in [3.05, 3.63) is 24.0 Å². The predicted octanol–water partition coefficient (Wildman–Crippen LogP) is 0.814. The molecule has 0 amide bonds. The van der Waals surface area contributed by atoms with Crippen LogP contribution in [0.1, 0.15) is 12.6 Å². The summed E-state index contributed by atoms with van der Waals surface area (Å²) in [7, 11) is 1.86. The fourth-order valence-corrected chi connectivity index (χ4v) is 0.786. The van der Waals surface area contributed by atoms with E-state index in [0.29, 0.717) is 0 Å². The molecule has 0 radical (unpaired) electrons. The molecule has 1 N–H and O–H groups in total. The first-order valence-corrected chi connectivity index (χ1v) is 3.54. The lowest BCUT2D eigenvalue weighted by Crippen LogP contribution is -1.95. The van der Waals surface area contributed by atoms with Crippen LogP contribution in [0.5, 0.6) is 0 Å². The van der Waals surface area contributed by atoms with Crippen LogP contribution in [0.15, 0.2) is 18.3 Å². The molecule has 0 aliphatic carbocycles. The van der Waals surface area contributed by atoms with Crippen molar-refractivity contribution in [1.29, 1.82) is 0 Å². The average Bonchev–Trinajstić information content (AvgIpc) is 2.31. The molecule has 60 valence electrons. The summed E-state index contributed by atoms with van der Waals surface area (Å²) in [6.45, 7) is 1.72. The number of hydrogen-bond acceptors (Lipinski definition) is 2. The van der Waals surface area contributed by atoms with Crippen LogP contribution < -0.4 is 0 Å². The Hall–Kier alpha value is -1.09. The molecule has 11 heavy (non-hydrogen) atoms. The van der Waals surface area contributed by atoms with E-state index in [9.17, 15) is 0 Å². The topological polar surface area (TPSA) is 38.1 Å². The lowest BCUT2D eigenvalue weighted by molar-refractivity contribution is 0.245. The molecule has 0 fully saturated rings. The van der Waals surface area contributed by atoms with E-state index >= 15 is 0 Å². The van der Waals surface area contributed by atoms with Crippen molar-refractivity contribution in [3.8, 4) is 0 Å². The Morgan fingerprint density at radius 2 is 2.45 bits per heavy atom. The van der Waals surface area contributed by atoms with E-state index < -0.39 is 6.10 Å². The monoisotopic (exact) mass is 152 g/mol. The fraction of sp³-hybridized carbons (Fsp3) is 0.375. The highest BCUT2D eigenvalue weighted by Gasteiger charge is 1.92. The van der Waals surface area contributed by atoms with Crippen LogP contribution in [-0.4, -0.2) is 21.0 Å². The summed E-state index contributed by atoms with van der Waals surface area (Å²) in [5.41, 5.74) is 0.992. The van der Waals surface area contributed by atoms with E-state index in [1.54, 1.807) is 23.9 Å². The van der Waals surface area contributed by atoms with Crippen molar-refractivity contribution >= 4 is 6.08 Å². The summed E-state index contributed by atoms with van der Waals surface area (Å²) in [6.07, 6.45) is 4.89. The molecule has 1 aromatic heterocycles. The maximum atomic E-state index is 8.93. The van der Waals surface area contributed by atoms with Gasteiger partial charge in [0.25, 0.3) is 0 Å². The first-order chi connectivity index (χ1) is 5.20. The number of aromatic nitrogens is 2. The lowest BCUT2D eigenvalue weighted by Gasteiger charge is -1.95. The van der Waals surface area contributed by atoms with Gasteiger partial charge in [0.2, 0.25) is 0 Å². The molecular weight excluding hydrogens is 140 g/mol. The third-order valence-electron chi connectivity index (χ3n) is 1.40. The van der Waals surface area contributed by atoms with Gasteiger partial charge in [-0.15, -0.1) is 0 Å². The Kier molecular flexibility index (Phi) is 2.44. The van der Waals surface area contributed by atoms with Gasteiger partial charge < -0.3 is 5.11 Å². The molecule has 0 spiro atoms. The number of aliphatic hydroxyl groups excluding tert-OH is 1. The zero-order valence-corrected chi connectivity index (χ0v) is 6.73. The molecule has 1 rings (SSSR count). The van der Waals surface area contributed by atoms with Crippen LogP contribution in [0.25, 0.3) is 6.08 Å². The smallest absolute Gasteiger partial charge is 0.0696 e. The number of aliphatic hydroxyl groups is 1.